The van der Waals surface area contributed by atoms with Crippen molar-refractivity contribution in [2.75, 3.05) is 6.61 Å². The fourth-order valence-corrected chi connectivity index (χ4v) is 2.04. The molecule has 2 nitrogen and oxygen atoms in total. The Morgan fingerprint density at radius 3 is 2.39 bits per heavy atom. The van der Waals surface area contributed by atoms with Gasteiger partial charge in [0.1, 0.15) is 0 Å². The van der Waals surface area contributed by atoms with Gasteiger partial charge < -0.3 is 10.5 Å². The molecule has 0 aliphatic carbocycles. The maximum Gasteiger partial charge on any atom is 0.156 e. The highest BCUT2D eigenvalue weighted by Crippen LogP contribution is 2.32. The van der Waals surface area contributed by atoms with Crippen molar-refractivity contribution < 1.29 is 4.74 Å². The van der Waals surface area contributed by atoms with E-state index in [1.165, 1.54) is 0 Å². The lowest BCUT2D eigenvalue weighted by molar-refractivity contribution is 0.288. The molecule has 0 heterocycles. The van der Waals surface area contributed by atoms with Crippen molar-refractivity contribution in [3.63, 3.8) is 0 Å². The third-order valence-corrected chi connectivity index (χ3v) is 3.93. The quantitative estimate of drug-likeness (QED) is 0.622. The minimum atomic E-state index is -0.150. The van der Waals surface area contributed by atoms with Gasteiger partial charge in [-0.15, -0.1) is 0 Å². The van der Waals surface area contributed by atoms with E-state index in [1.807, 2.05) is 13.8 Å². The zero-order valence-corrected chi connectivity index (χ0v) is 12.8. The Labute approximate surface area is 123 Å². The van der Waals surface area contributed by atoms with Crippen molar-refractivity contribution in [1.29, 1.82) is 0 Å². The summed E-state index contributed by atoms with van der Waals surface area (Å²) in [6.07, 6.45) is 1.70. The van der Waals surface area contributed by atoms with Gasteiger partial charge in [-0.1, -0.05) is 55.3 Å². The van der Waals surface area contributed by atoms with E-state index in [1.54, 1.807) is 18.2 Å². The molecule has 0 saturated heterocycles. The minimum Gasteiger partial charge on any atom is -0.490 e. The summed E-state index contributed by atoms with van der Waals surface area (Å²) in [5.41, 5.74) is 5.51. The zero-order valence-electron chi connectivity index (χ0n) is 10.5. The fraction of sp³-hybridized carbons (Fsp3) is 0.462. The van der Waals surface area contributed by atoms with E-state index < -0.39 is 0 Å². The molecule has 0 aliphatic heterocycles. The lowest BCUT2D eigenvalue weighted by atomic mass is 9.88. The van der Waals surface area contributed by atoms with Gasteiger partial charge >= 0.3 is 0 Å². The number of hydrogen-bond donors (Lipinski definition) is 1. The molecule has 100 valence electrons. The van der Waals surface area contributed by atoms with Crippen molar-refractivity contribution >= 4 is 40.4 Å². The van der Waals surface area contributed by atoms with Gasteiger partial charge in [0.15, 0.2) is 5.75 Å². The number of hydrogen-bond acceptors (Lipinski definition) is 2. The van der Waals surface area contributed by atoms with Gasteiger partial charge in [-0.25, -0.2) is 0 Å². The average molecular weight is 306 g/mol. The molecular formula is C13H17Cl2NOS. The third kappa shape index (κ3) is 4.30. The Bertz CT molecular complexity index is 415. The van der Waals surface area contributed by atoms with Crippen molar-refractivity contribution in [2.45, 2.75) is 26.7 Å². The normalized spacial score (nSPS) is 11.3. The molecule has 0 fully saturated rings. The second kappa shape index (κ2) is 6.60. The Morgan fingerprint density at radius 1 is 1.33 bits per heavy atom. The number of para-hydroxylation sites is 1. The molecule has 0 unspecified atom stereocenters. The van der Waals surface area contributed by atoms with Crippen LogP contribution < -0.4 is 10.5 Å². The summed E-state index contributed by atoms with van der Waals surface area (Å²) < 4.78 is 5.59. The highest BCUT2D eigenvalue weighted by molar-refractivity contribution is 7.80. The molecule has 1 aromatic rings. The highest BCUT2D eigenvalue weighted by Gasteiger charge is 2.20. The van der Waals surface area contributed by atoms with Crippen LogP contribution in [0.2, 0.25) is 10.0 Å². The molecule has 0 spiro atoms. The molecule has 0 radical (unpaired) electrons. The number of rotatable bonds is 6. The van der Waals surface area contributed by atoms with Crippen molar-refractivity contribution in [1.82, 2.24) is 0 Å². The van der Waals surface area contributed by atoms with Gasteiger partial charge in [0.2, 0.25) is 0 Å². The summed E-state index contributed by atoms with van der Waals surface area (Å²) in [6, 6.07) is 5.29. The number of nitrogens with two attached hydrogens (primary N) is 1. The zero-order chi connectivity index (χ0) is 13.8. The number of thiocarbonyl (C=S) groups is 1. The monoisotopic (exact) mass is 305 g/mol. The number of halogens is 2. The van der Waals surface area contributed by atoms with E-state index in [2.05, 4.69) is 0 Å². The molecule has 0 atom stereocenters. The molecule has 0 aromatic heterocycles. The molecule has 2 N–H and O–H groups in total. The molecular weight excluding hydrogens is 289 g/mol. The largest absolute Gasteiger partial charge is 0.490 e. The number of ether oxygens (including phenoxy) is 1. The Kier molecular flexibility index (Phi) is 5.70. The van der Waals surface area contributed by atoms with Crippen LogP contribution in [0.5, 0.6) is 5.75 Å². The fourth-order valence-electron chi connectivity index (χ4n) is 1.43. The van der Waals surface area contributed by atoms with Crippen molar-refractivity contribution in [3.8, 4) is 5.75 Å². The maximum absolute atomic E-state index is 6.00. The van der Waals surface area contributed by atoms with Crippen LogP contribution in [-0.2, 0) is 0 Å². The van der Waals surface area contributed by atoms with Crippen LogP contribution in [0.15, 0.2) is 18.2 Å². The standard InChI is InChI=1S/C13H17Cl2NOS/c1-13(2,12(16)18)7-4-8-17-11-9(14)5-3-6-10(11)15/h3,5-6H,4,7-8H2,1-2H3,(H2,16,18). The van der Waals surface area contributed by atoms with Gasteiger partial charge in [0.25, 0.3) is 0 Å². The van der Waals surface area contributed by atoms with Gasteiger partial charge in [0, 0.05) is 5.41 Å². The maximum atomic E-state index is 6.00. The molecule has 18 heavy (non-hydrogen) atoms. The van der Waals surface area contributed by atoms with Crippen molar-refractivity contribution in [2.24, 2.45) is 11.1 Å². The van der Waals surface area contributed by atoms with Gasteiger partial charge in [-0.3, -0.25) is 0 Å². The average Bonchev–Trinajstić information content (AvgIpc) is 2.27. The summed E-state index contributed by atoms with van der Waals surface area (Å²) in [7, 11) is 0. The van der Waals surface area contributed by atoms with Gasteiger partial charge in [0.05, 0.1) is 21.6 Å². The van der Waals surface area contributed by atoms with Crippen LogP contribution in [-0.4, -0.2) is 11.6 Å². The van der Waals surface area contributed by atoms with E-state index in [0.717, 1.165) is 12.8 Å². The van der Waals surface area contributed by atoms with Crippen LogP contribution in [0, 0.1) is 5.41 Å². The molecule has 0 bridgehead atoms. The van der Waals surface area contributed by atoms with Crippen molar-refractivity contribution in [3.05, 3.63) is 28.2 Å². The molecule has 0 saturated carbocycles. The summed E-state index contributed by atoms with van der Waals surface area (Å²) in [5, 5.41) is 1.05. The third-order valence-electron chi connectivity index (χ3n) is 2.78. The van der Waals surface area contributed by atoms with Gasteiger partial charge in [-0.05, 0) is 25.0 Å². The van der Waals surface area contributed by atoms with Crippen LogP contribution in [0.1, 0.15) is 26.7 Å². The minimum absolute atomic E-state index is 0.150. The summed E-state index contributed by atoms with van der Waals surface area (Å²) in [4.78, 5) is 0.526. The molecule has 5 heteroatoms. The van der Waals surface area contributed by atoms with E-state index in [4.69, 9.17) is 45.9 Å². The van der Waals surface area contributed by atoms with Crippen LogP contribution in [0.25, 0.3) is 0 Å². The predicted octanol–water partition coefficient (Wildman–Crippen LogP) is 4.46. The first kappa shape index (κ1) is 15.5. The molecule has 1 rings (SSSR count). The molecule has 0 aliphatic rings. The first-order valence-electron chi connectivity index (χ1n) is 5.71. The summed E-state index contributed by atoms with van der Waals surface area (Å²) >= 11 is 17.0. The SMILES string of the molecule is CC(C)(CCCOc1c(Cl)cccc1Cl)C(N)=S. The first-order chi connectivity index (χ1) is 8.34. The molecule has 1 aromatic carbocycles. The van der Waals surface area contributed by atoms with E-state index >= 15 is 0 Å². The Hall–Kier alpha value is -0.510. The lowest BCUT2D eigenvalue weighted by Crippen LogP contribution is -2.30. The van der Waals surface area contributed by atoms with Crippen LogP contribution >= 0.6 is 35.4 Å². The Morgan fingerprint density at radius 2 is 1.89 bits per heavy atom. The van der Waals surface area contributed by atoms with Crippen LogP contribution in [0.4, 0.5) is 0 Å². The highest BCUT2D eigenvalue weighted by atomic mass is 35.5. The number of benzene rings is 1. The lowest BCUT2D eigenvalue weighted by Gasteiger charge is -2.22. The summed E-state index contributed by atoms with van der Waals surface area (Å²) in [5.74, 6) is 0.536. The predicted molar refractivity (Wildman–Crippen MR) is 81.8 cm³/mol. The summed E-state index contributed by atoms with van der Waals surface area (Å²) in [6.45, 7) is 4.59. The molecule has 0 amide bonds. The van der Waals surface area contributed by atoms with Crippen LogP contribution in [0.3, 0.4) is 0 Å². The van der Waals surface area contributed by atoms with E-state index in [0.29, 0.717) is 27.4 Å². The Balaban J connectivity index is 2.46. The first-order valence-corrected chi connectivity index (χ1v) is 6.88. The second-order valence-electron chi connectivity index (χ2n) is 4.75. The van der Waals surface area contributed by atoms with Gasteiger partial charge in [-0.2, -0.15) is 0 Å². The smallest absolute Gasteiger partial charge is 0.156 e. The van der Waals surface area contributed by atoms with E-state index in [9.17, 15) is 0 Å². The second-order valence-corrected chi connectivity index (χ2v) is 6.01. The van der Waals surface area contributed by atoms with E-state index in [-0.39, 0.29) is 5.41 Å². The topological polar surface area (TPSA) is 35.2 Å².